The Balaban J connectivity index is 1.33. The number of aromatic nitrogens is 1. The van der Waals surface area contributed by atoms with E-state index in [0.717, 1.165) is 37.2 Å². The Morgan fingerprint density at radius 3 is 2.88 bits per heavy atom. The molecule has 0 radical (unpaired) electrons. The Bertz CT molecular complexity index is 682. The van der Waals surface area contributed by atoms with Gasteiger partial charge in [0.25, 0.3) is 5.91 Å². The molecule has 6 heteroatoms. The van der Waals surface area contributed by atoms with Crippen molar-refractivity contribution in [3.8, 4) is 5.88 Å². The normalized spacial score (nSPS) is 22.7. The Morgan fingerprint density at radius 1 is 1.29 bits per heavy atom. The van der Waals surface area contributed by atoms with Crippen LogP contribution in [0.3, 0.4) is 0 Å². The van der Waals surface area contributed by atoms with E-state index < -0.39 is 0 Å². The summed E-state index contributed by atoms with van der Waals surface area (Å²) in [6.07, 6.45) is 4.37. The maximum atomic E-state index is 12.4. The number of hydrogen-bond donors (Lipinski definition) is 0. The van der Waals surface area contributed by atoms with E-state index in [0.29, 0.717) is 12.5 Å². The molecule has 1 amide bonds. The van der Waals surface area contributed by atoms with Crippen molar-refractivity contribution < 1.29 is 14.3 Å². The van der Waals surface area contributed by atoms with E-state index in [9.17, 15) is 4.79 Å². The van der Waals surface area contributed by atoms with Gasteiger partial charge in [0.15, 0.2) is 0 Å². The monoisotopic (exact) mass is 344 g/mol. The second-order valence-electron chi connectivity index (χ2n) is 6.38. The molecule has 0 aromatic carbocycles. The highest BCUT2D eigenvalue weighted by Gasteiger charge is 2.44. The van der Waals surface area contributed by atoms with Crippen molar-refractivity contribution in [3.63, 3.8) is 0 Å². The Labute approximate surface area is 145 Å². The molecule has 24 heavy (non-hydrogen) atoms. The highest BCUT2D eigenvalue weighted by atomic mass is 32.1. The number of piperidine rings is 1. The average molecular weight is 344 g/mol. The number of hydrogen-bond acceptors (Lipinski definition) is 5. The molecule has 2 aliphatic rings. The van der Waals surface area contributed by atoms with E-state index in [1.807, 2.05) is 40.6 Å². The maximum absolute atomic E-state index is 12.4. The van der Waals surface area contributed by atoms with Crippen LogP contribution in [0.1, 0.15) is 28.9 Å². The van der Waals surface area contributed by atoms with Gasteiger partial charge in [-0.2, -0.15) is 0 Å². The highest BCUT2D eigenvalue weighted by Crippen LogP contribution is 2.37. The molecule has 0 N–H and O–H groups in total. The largest absolute Gasteiger partial charge is 0.472 e. The summed E-state index contributed by atoms with van der Waals surface area (Å²) in [6.45, 7) is 2.08. The first kappa shape index (κ1) is 15.6. The van der Waals surface area contributed by atoms with Gasteiger partial charge in [-0.25, -0.2) is 4.98 Å². The van der Waals surface area contributed by atoms with Crippen LogP contribution in [0.5, 0.6) is 5.88 Å². The van der Waals surface area contributed by atoms with Crippen LogP contribution in [0.15, 0.2) is 41.9 Å². The van der Waals surface area contributed by atoms with Crippen molar-refractivity contribution in [2.45, 2.75) is 31.0 Å². The van der Waals surface area contributed by atoms with Crippen molar-refractivity contribution in [1.82, 2.24) is 9.88 Å². The molecule has 0 aliphatic carbocycles. The lowest BCUT2D eigenvalue weighted by atomic mass is 9.88. The summed E-state index contributed by atoms with van der Waals surface area (Å²) in [7, 11) is 0. The SMILES string of the molecule is O=C(c1cccs1)N1CCC2(CC1)C[C@H](Oc1ccccn1)CO2. The van der Waals surface area contributed by atoms with Gasteiger partial charge in [0.2, 0.25) is 5.88 Å². The molecule has 1 atom stereocenters. The number of carbonyl (C=O) groups is 1. The topological polar surface area (TPSA) is 51.7 Å². The van der Waals surface area contributed by atoms with E-state index in [4.69, 9.17) is 9.47 Å². The minimum Gasteiger partial charge on any atom is -0.472 e. The third kappa shape index (κ3) is 3.16. The smallest absolute Gasteiger partial charge is 0.263 e. The van der Waals surface area contributed by atoms with Crippen LogP contribution in [-0.4, -0.2) is 47.2 Å². The first-order valence-corrected chi connectivity index (χ1v) is 9.17. The van der Waals surface area contributed by atoms with Gasteiger partial charge < -0.3 is 14.4 Å². The van der Waals surface area contributed by atoms with Gasteiger partial charge in [-0.05, 0) is 30.4 Å². The zero-order chi connectivity index (χ0) is 16.4. The summed E-state index contributed by atoms with van der Waals surface area (Å²) >= 11 is 1.50. The quantitative estimate of drug-likeness (QED) is 0.859. The van der Waals surface area contributed by atoms with E-state index in [-0.39, 0.29) is 17.6 Å². The predicted octanol–water partition coefficient (Wildman–Crippen LogP) is 2.99. The van der Waals surface area contributed by atoms with Crippen molar-refractivity contribution in [1.29, 1.82) is 0 Å². The number of pyridine rings is 1. The fourth-order valence-electron chi connectivity index (χ4n) is 3.49. The van der Waals surface area contributed by atoms with Crippen LogP contribution < -0.4 is 4.74 Å². The molecule has 126 valence electrons. The van der Waals surface area contributed by atoms with E-state index in [2.05, 4.69) is 4.98 Å². The van der Waals surface area contributed by atoms with Crippen molar-refractivity contribution in [3.05, 3.63) is 46.8 Å². The number of rotatable bonds is 3. The number of amides is 1. The van der Waals surface area contributed by atoms with Crippen molar-refractivity contribution >= 4 is 17.2 Å². The fraction of sp³-hybridized carbons (Fsp3) is 0.444. The maximum Gasteiger partial charge on any atom is 0.263 e. The lowest BCUT2D eigenvalue weighted by Crippen LogP contribution is -2.46. The molecular weight excluding hydrogens is 324 g/mol. The average Bonchev–Trinajstić information content (AvgIpc) is 3.27. The highest BCUT2D eigenvalue weighted by molar-refractivity contribution is 7.12. The Kier molecular flexibility index (Phi) is 4.24. The molecule has 1 spiro atoms. The summed E-state index contributed by atoms with van der Waals surface area (Å²) in [5, 5.41) is 1.94. The molecule has 2 saturated heterocycles. The zero-order valence-corrected chi connectivity index (χ0v) is 14.2. The lowest BCUT2D eigenvalue weighted by Gasteiger charge is -2.38. The van der Waals surface area contributed by atoms with Crippen LogP contribution in [0.2, 0.25) is 0 Å². The second-order valence-corrected chi connectivity index (χ2v) is 7.32. The van der Waals surface area contributed by atoms with Crippen LogP contribution in [-0.2, 0) is 4.74 Å². The Morgan fingerprint density at radius 2 is 2.17 bits per heavy atom. The van der Waals surface area contributed by atoms with Crippen molar-refractivity contribution in [2.24, 2.45) is 0 Å². The Hall–Kier alpha value is -1.92. The number of likely N-dealkylation sites (tertiary alicyclic amines) is 1. The first-order valence-electron chi connectivity index (χ1n) is 8.29. The molecule has 4 heterocycles. The van der Waals surface area contributed by atoms with E-state index in [1.165, 1.54) is 11.3 Å². The molecule has 0 bridgehead atoms. The number of carbonyl (C=O) groups excluding carboxylic acids is 1. The zero-order valence-electron chi connectivity index (χ0n) is 13.4. The minimum absolute atomic E-state index is 0.0412. The third-order valence-electron chi connectivity index (χ3n) is 4.79. The number of thiophene rings is 1. The molecule has 5 nitrogen and oxygen atoms in total. The van der Waals surface area contributed by atoms with E-state index >= 15 is 0 Å². The number of ether oxygens (including phenoxy) is 2. The fourth-order valence-corrected chi connectivity index (χ4v) is 4.18. The van der Waals surface area contributed by atoms with Crippen LogP contribution >= 0.6 is 11.3 Å². The summed E-state index contributed by atoms with van der Waals surface area (Å²) in [5.41, 5.74) is -0.147. The van der Waals surface area contributed by atoms with Crippen LogP contribution in [0.25, 0.3) is 0 Å². The van der Waals surface area contributed by atoms with E-state index in [1.54, 1.807) is 6.20 Å². The predicted molar refractivity (Wildman–Crippen MR) is 91.4 cm³/mol. The summed E-state index contributed by atoms with van der Waals surface area (Å²) in [5.74, 6) is 0.785. The first-order chi connectivity index (χ1) is 11.7. The summed E-state index contributed by atoms with van der Waals surface area (Å²) in [4.78, 5) is 19.4. The standard InChI is InChI=1S/C18H20N2O3S/c21-17(15-4-3-11-24-15)20-9-6-18(7-10-20)12-14(13-22-18)23-16-5-1-2-8-19-16/h1-5,8,11,14H,6-7,9-10,12-13H2/t14-/m0/s1. The van der Waals surface area contributed by atoms with Gasteiger partial charge >= 0.3 is 0 Å². The van der Waals surface area contributed by atoms with Gasteiger partial charge in [-0.15, -0.1) is 11.3 Å². The second kappa shape index (κ2) is 6.53. The lowest BCUT2D eigenvalue weighted by molar-refractivity contribution is -0.0395. The molecule has 4 rings (SSSR count). The minimum atomic E-state index is -0.147. The molecule has 0 saturated carbocycles. The summed E-state index contributed by atoms with van der Waals surface area (Å²) in [6, 6.07) is 9.47. The molecule has 2 aromatic heterocycles. The number of nitrogens with zero attached hydrogens (tertiary/aromatic N) is 2. The van der Waals surface area contributed by atoms with Gasteiger partial charge in [0.05, 0.1) is 17.1 Å². The van der Waals surface area contributed by atoms with Gasteiger partial charge in [-0.3, -0.25) is 4.79 Å². The van der Waals surface area contributed by atoms with Gasteiger partial charge in [-0.1, -0.05) is 12.1 Å². The molecular formula is C18H20N2O3S. The van der Waals surface area contributed by atoms with Gasteiger partial charge in [0.1, 0.15) is 6.10 Å². The molecule has 2 aliphatic heterocycles. The molecule has 2 aromatic rings. The van der Waals surface area contributed by atoms with Gasteiger partial charge in [0, 0.05) is 31.8 Å². The third-order valence-corrected chi connectivity index (χ3v) is 5.65. The van der Waals surface area contributed by atoms with Crippen LogP contribution in [0.4, 0.5) is 0 Å². The molecule has 0 unspecified atom stereocenters. The van der Waals surface area contributed by atoms with Crippen molar-refractivity contribution in [2.75, 3.05) is 19.7 Å². The summed E-state index contributed by atoms with van der Waals surface area (Å²) < 4.78 is 12.0. The van der Waals surface area contributed by atoms with Crippen LogP contribution in [0, 0.1) is 0 Å². The molecule has 2 fully saturated rings.